The van der Waals surface area contributed by atoms with Gasteiger partial charge in [-0.05, 0) is 57.4 Å². The van der Waals surface area contributed by atoms with Crippen molar-refractivity contribution < 1.29 is 13.9 Å². The third-order valence-electron chi connectivity index (χ3n) is 3.69. The zero-order valence-corrected chi connectivity index (χ0v) is 14.1. The maximum Gasteiger partial charge on any atom is 0.410 e. The Morgan fingerprint density at radius 2 is 2.05 bits per heavy atom. The first-order valence-corrected chi connectivity index (χ1v) is 7.72. The van der Waals surface area contributed by atoms with Gasteiger partial charge in [0.25, 0.3) is 0 Å². The topological polar surface area (TPSA) is 42.7 Å². The molecule has 0 aliphatic carbocycles. The predicted molar refractivity (Wildman–Crippen MR) is 88.0 cm³/mol. The van der Waals surface area contributed by atoms with Crippen molar-refractivity contribution >= 4 is 17.1 Å². The van der Waals surface area contributed by atoms with Crippen LogP contribution in [0.5, 0.6) is 0 Å². The number of amides is 1. The van der Waals surface area contributed by atoms with Crippen LogP contribution in [0.2, 0.25) is 0 Å². The molecule has 0 aliphatic heterocycles. The molecule has 2 rings (SSSR count). The second-order valence-electron chi connectivity index (χ2n) is 6.65. The van der Waals surface area contributed by atoms with Crippen molar-refractivity contribution in [3.8, 4) is 0 Å². The lowest BCUT2D eigenvalue weighted by molar-refractivity contribution is 0.0218. The molecule has 4 nitrogen and oxygen atoms in total. The SMILES string of the molecule is CCC(Cc1ccc2occc2c1)N(C)C(=O)OC(C)(C)C. The van der Waals surface area contributed by atoms with Crippen LogP contribution in [0.1, 0.15) is 39.7 Å². The fourth-order valence-corrected chi connectivity index (χ4v) is 2.45. The number of hydrogen-bond acceptors (Lipinski definition) is 3. The van der Waals surface area contributed by atoms with Crippen molar-refractivity contribution in [1.82, 2.24) is 4.90 Å². The van der Waals surface area contributed by atoms with E-state index in [-0.39, 0.29) is 12.1 Å². The standard InChI is InChI=1S/C18H25NO3/c1-6-15(19(5)17(20)22-18(2,3)4)12-13-7-8-16-14(11-13)9-10-21-16/h7-11,15H,6,12H2,1-5H3. The van der Waals surface area contributed by atoms with Gasteiger partial charge in [-0.3, -0.25) is 0 Å². The summed E-state index contributed by atoms with van der Waals surface area (Å²) in [7, 11) is 1.80. The third kappa shape index (κ3) is 4.03. The second kappa shape index (κ2) is 6.42. The summed E-state index contributed by atoms with van der Waals surface area (Å²) in [4.78, 5) is 13.9. The Labute approximate surface area is 132 Å². The number of furan rings is 1. The number of nitrogens with zero attached hydrogens (tertiary/aromatic N) is 1. The molecule has 22 heavy (non-hydrogen) atoms. The lowest BCUT2D eigenvalue weighted by Crippen LogP contribution is -2.41. The van der Waals surface area contributed by atoms with E-state index < -0.39 is 5.60 Å². The third-order valence-corrected chi connectivity index (χ3v) is 3.69. The smallest absolute Gasteiger partial charge is 0.410 e. The van der Waals surface area contributed by atoms with Gasteiger partial charge in [-0.1, -0.05) is 13.0 Å². The van der Waals surface area contributed by atoms with Crippen molar-refractivity contribution in [1.29, 1.82) is 0 Å². The molecule has 0 aliphatic rings. The molecule has 0 bridgehead atoms. The number of rotatable bonds is 4. The Kier molecular flexibility index (Phi) is 4.79. The average molecular weight is 303 g/mol. The summed E-state index contributed by atoms with van der Waals surface area (Å²) in [5.41, 5.74) is 1.60. The van der Waals surface area contributed by atoms with Gasteiger partial charge in [-0.15, -0.1) is 0 Å². The van der Waals surface area contributed by atoms with Crippen LogP contribution in [0.4, 0.5) is 4.79 Å². The van der Waals surface area contributed by atoms with E-state index in [1.165, 1.54) is 5.56 Å². The van der Waals surface area contributed by atoms with E-state index in [0.717, 1.165) is 23.8 Å². The number of carbonyl (C=O) groups is 1. The second-order valence-corrected chi connectivity index (χ2v) is 6.65. The first kappa shape index (κ1) is 16.4. The van der Waals surface area contributed by atoms with Crippen LogP contribution in [0.15, 0.2) is 34.9 Å². The molecule has 1 aromatic heterocycles. The normalized spacial score (nSPS) is 13.1. The molecule has 120 valence electrons. The molecule has 0 spiro atoms. The highest BCUT2D eigenvalue weighted by Crippen LogP contribution is 2.20. The summed E-state index contributed by atoms with van der Waals surface area (Å²) in [6, 6.07) is 8.21. The Balaban J connectivity index is 2.08. The quantitative estimate of drug-likeness (QED) is 0.827. The van der Waals surface area contributed by atoms with Crippen LogP contribution in [0, 0.1) is 0 Å². The van der Waals surface area contributed by atoms with Crippen LogP contribution >= 0.6 is 0 Å². The van der Waals surface area contributed by atoms with E-state index in [1.807, 2.05) is 32.9 Å². The highest BCUT2D eigenvalue weighted by atomic mass is 16.6. The minimum absolute atomic E-state index is 0.110. The molecule has 1 unspecified atom stereocenters. The zero-order valence-electron chi connectivity index (χ0n) is 14.1. The molecule has 1 heterocycles. The molecule has 2 aromatic rings. The first-order chi connectivity index (χ1) is 10.3. The van der Waals surface area contributed by atoms with Crippen molar-refractivity contribution in [2.24, 2.45) is 0 Å². The lowest BCUT2D eigenvalue weighted by atomic mass is 10.0. The Morgan fingerprint density at radius 1 is 1.32 bits per heavy atom. The van der Waals surface area contributed by atoms with Gasteiger partial charge in [0.15, 0.2) is 0 Å². The number of likely N-dealkylation sites (N-methyl/N-ethyl adjacent to an activating group) is 1. The van der Waals surface area contributed by atoms with Crippen molar-refractivity contribution in [2.45, 2.75) is 52.2 Å². The summed E-state index contributed by atoms with van der Waals surface area (Å²) < 4.78 is 10.8. The maximum atomic E-state index is 12.2. The molecule has 0 saturated carbocycles. The molecule has 1 amide bonds. The first-order valence-electron chi connectivity index (χ1n) is 7.72. The van der Waals surface area contributed by atoms with Crippen molar-refractivity contribution in [2.75, 3.05) is 7.05 Å². The molecular weight excluding hydrogens is 278 g/mol. The van der Waals surface area contributed by atoms with Crippen molar-refractivity contribution in [3.05, 3.63) is 36.1 Å². The lowest BCUT2D eigenvalue weighted by Gasteiger charge is -2.30. The van der Waals surface area contributed by atoms with Gasteiger partial charge < -0.3 is 14.1 Å². The minimum atomic E-state index is -0.473. The fraction of sp³-hybridized carbons (Fsp3) is 0.500. The van der Waals surface area contributed by atoms with Gasteiger partial charge >= 0.3 is 6.09 Å². The van der Waals surface area contributed by atoms with Crippen LogP contribution in [-0.2, 0) is 11.2 Å². The van der Waals surface area contributed by atoms with Crippen LogP contribution < -0.4 is 0 Å². The molecule has 0 fully saturated rings. The fourth-order valence-electron chi connectivity index (χ4n) is 2.45. The minimum Gasteiger partial charge on any atom is -0.464 e. The van der Waals surface area contributed by atoms with Gasteiger partial charge in [-0.2, -0.15) is 0 Å². The van der Waals surface area contributed by atoms with Gasteiger partial charge in [0.1, 0.15) is 11.2 Å². The summed E-state index contributed by atoms with van der Waals surface area (Å²) in [6.07, 6.45) is 3.09. The summed E-state index contributed by atoms with van der Waals surface area (Å²) in [5.74, 6) is 0. The zero-order chi connectivity index (χ0) is 16.3. The monoisotopic (exact) mass is 303 g/mol. The molecule has 0 radical (unpaired) electrons. The Bertz CT molecular complexity index is 639. The van der Waals surface area contributed by atoms with Gasteiger partial charge in [0.05, 0.1) is 6.26 Å². The van der Waals surface area contributed by atoms with Crippen LogP contribution in [0.25, 0.3) is 11.0 Å². The van der Waals surface area contributed by atoms with E-state index in [4.69, 9.17) is 9.15 Å². The van der Waals surface area contributed by atoms with E-state index in [2.05, 4.69) is 19.1 Å². The van der Waals surface area contributed by atoms with Gasteiger partial charge in [0.2, 0.25) is 0 Å². The number of benzene rings is 1. The summed E-state index contributed by atoms with van der Waals surface area (Å²) in [6.45, 7) is 7.73. The van der Waals surface area contributed by atoms with E-state index in [0.29, 0.717) is 0 Å². The van der Waals surface area contributed by atoms with Crippen LogP contribution in [0.3, 0.4) is 0 Å². The average Bonchev–Trinajstić information content (AvgIpc) is 2.89. The molecule has 0 N–H and O–H groups in total. The summed E-state index contributed by atoms with van der Waals surface area (Å²) >= 11 is 0. The molecule has 1 aromatic carbocycles. The van der Waals surface area contributed by atoms with E-state index in [1.54, 1.807) is 18.2 Å². The largest absolute Gasteiger partial charge is 0.464 e. The van der Waals surface area contributed by atoms with Crippen LogP contribution in [-0.4, -0.2) is 29.7 Å². The molecule has 4 heteroatoms. The molecule has 1 atom stereocenters. The van der Waals surface area contributed by atoms with Crippen molar-refractivity contribution in [3.63, 3.8) is 0 Å². The maximum absolute atomic E-state index is 12.2. The highest BCUT2D eigenvalue weighted by Gasteiger charge is 2.24. The Hall–Kier alpha value is -1.97. The molecule has 0 saturated heterocycles. The number of fused-ring (bicyclic) bond motifs is 1. The van der Waals surface area contributed by atoms with Gasteiger partial charge in [0, 0.05) is 18.5 Å². The number of ether oxygens (including phenoxy) is 1. The molecular formula is C18H25NO3. The summed E-state index contributed by atoms with van der Waals surface area (Å²) in [5, 5.41) is 1.09. The van der Waals surface area contributed by atoms with E-state index >= 15 is 0 Å². The highest BCUT2D eigenvalue weighted by molar-refractivity contribution is 5.77. The number of hydrogen-bond donors (Lipinski definition) is 0. The Morgan fingerprint density at radius 3 is 2.68 bits per heavy atom. The van der Waals surface area contributed by atoms with Gasteiger partial charge in [-0.25, -0.2) is 4.79 Å². The predicted octanol–water partition coefficient (Wildman–Crippen LogP) is 4.62. The number of carbonyl (C=O) groups excluding carboxylic acids is 1. The van der Waals surface area contributed by atoms with E-state index in [9.17, 15) is 4.79 Å².